The summed E-state index contributed by atoms with van der Waals surface area (Å²) in [4.78, 5) is 0. The van der Waals surface area contributed by atoms with Gasteiger partial charge in [0.15, 0.2) is 0 Å². The monoisotopic (exact) mass is 192 g/mol. The Morgan fingerprint density at radius 2 is 2.14 bits per heavy atom. The van der Waals surface area contributed by atoms with Gasteiger partial charge in [0.25, 0.3) is 0 Å². The SMILES string of the molecule is C=CC1=C(/C=C\C)C(C)(C)C[C@@H](O)C1. The fraction of sp³-hybridized carbons (Fsp3) is 0.538. The second-order valence-corrected chi connectivity index (χ2v) is 4.59. The molecule has 1 rings (SSSR count). The van der Waals surface area contributed by atoms with Gasteiger partial charge >= 0.3 is 0 Å². The van der Waals surface area contributed by atoms with E-state index in [4.69, 9.17) is 0 Å². The largest absolute Gasteiger partial charge is 0.393 e. The van der Waals surface area contributed by atoms with Crippen LogP contribution in [0.1, 0.15) is 33.6 Å². The van der Waals surface area contributed by atoms with Gasteiger partial charge in [0.05, 0.1) is 6.10 Å². The molecule has 1 aliphatic carbocycles. The van der Waals surface area contributed by atoms with Gasteiger partial charge in [0.2, 0.25) is 0 Å². The van der Waals surface area contributed by atoms with Crippen LogP contribution in [0.4, 0.5) is 0 Å². The first-order valence-electron chi connectivity index (χ1n) is 5.18. The molecule has 0 saturated heterocycles. The highest BCUT2D eigenvalue weighted by Gasteiger charge is 2.31. The van der Waals surface area contributed by atoms with Gasteiger partial charge in [-0.2, -0.15) is 0 Å². The summed E-state index contributed by atoms with van der Waals surface area (Å²) < 4.78 is 0. The third-order valence-corrected chi connectivity index (χ3v) is 2.86. The van der Waals surface area contributed by atoms with Gasteiger partial charge < -0.3 is 5.11 Å². The van der Waals surface area contributed by atoms with Crippen LogP contribution in [0.5, 0.6) is 0 Å². The summed E-state index contributed by atoms with van der Waals surface area (Å²) in [6.07, 6.45) is 7.43. The van der Waals surface area contributed by atoms with Gasteiger partial charge in [-0.15, -0.1) is 0 Å². The van der Waals surface area contributed by atoms with Crippen LogP contribution in [0.25, 0.3) is 0 Å². The van der Waals surface area contributed by atoms with E-state index in [0.717, 1.165) is 12.8 Å². The Morgan fingerprint density at radius 3 is 2.64 bits per heavy atom. The Balaban J connectivity index is 3.16. The smallest absolute Gasteiger partial charge is 0.0589 e. The lowest BCUT2D eigenvalue weighted by molar-refractivity contribution is 0.118. The van der Waals surface area contributed by atoms with Crippen LogP contribution in [0.2, 0.25) is 0 Å². The van der Waals surface area contributed by atoms with Crippen molar-refractivity contribution in [2.75, 3.05) is 0 Å². The standard InChI is InChI=1S/C13H20O/c1-5-7-12-10(6-2)8-11(14)9-13(12,3)4/h5-7,11,14H,2,8-9H2,1,3-4H3/b7-5-/t11-/m0/s1. The zero-order chi connectivity index (χ0) is 10.8. The maximum absolute atomic E-state index is 9.73. The summed E-state index contributed by atoms with van der Waals surface area (Å²) in [6, 6.07) is 0. The van der Waals surface area contributed by atoms with Crippen molar-refractivity contribution in [3.63, 3.8) is 0 Å². The van der Waals surface area contributed by atoms with Crippen LogP contribution in [0.3, 0.4) is 0 Å². The molecule has 0 aromatic carbocycles. The molecule has 0 unspecified atom stereocenters. The lowest BCUT2D eigenvalue weighted by atomic mass is 9.71. The molecule has 0 bridgehead atoms. The second-order valence-electron chi connectivity index (χ2n) is 4.59. The van der Waals surface area contributed by atoms with Gasteiger partial charge in [0.1, 0.15) is 0 Å². The molecule has 0 aromatic heterocycles. The first-order chi connectivity index (χ1) is 6.51. The molecule has 1 nitrogen and oxygen atoms in total. The third kappa shape index (κ3) is 2.16. The van der Waals surface area contributed by atoms with Crippen LogP contribution in [0.15, 0.2) is 36.0 Å². The summed E-state index contributed by atoms with van der Waals surface area (Å²) in [5.41, 5.74) is 2.57. The van der Waals surface area contributed by atoms with Crippen molar-refractivity contribution in [3.05, 3.63) is 36.0 Å². The molecule has 14 heavy (non-hydrogen) atoms. The van der Waals surface area contributed by atoms with Crippen molar-refractivity contribution in [1.82, 2.24) is 0 Å². The van der Waals surface area contributed by atoms with E-state index in [0.29, 0.717) is 0 Å². The number of allylic oxidation sites excluding steroid dienone is 4. The highest BCUT2D eigenvalue weighted by molar-refractivity contribution is 5.39. The highest BCUT2D eigenvalue weighted by Crippen LogP contribution is 2.41. The van der Waals surface area contributed by atoms with Gasteiger partial charge in [0, 0.05) is 0 Å². The van der Waals surface area contributed by atoms with Crippen molar-refractivity contribution >= 4 is 0 Å². The third-order valence-electron chi connectivity index (χ3n) is 2.86. The van der Waals surface area contributed by atoms with Crippen LogP contribution in [0, 0.1) is 5.41 Å². The van der Waals surface area contributed by atoms with E-state index in [1.165, 1.54) is 11.1 Å². The molecule has 0 saturated carbocycles. The Morgan fingerprint density at radius 1 is 1.50 bits per heavy atom. The summed E-state index contributed by atoms with van der Waals surface area (Å²) in [7, 11) is 0. The van der Waals surface area contributed by atoms with E-state index < -0.39 is 0 Å². The topological polar surface area (TPSA) is 20.2 Å². The van der Waals surface area contributed by atoms with Crippen LogP contribution >= 0.6 is 0 Å². The van der Waals surface area contributed by atoms with Crippen LogP contribution in [-0.2, 0) is 0 Å². The average molecular weight is 192 g/mol. The van der Waals surface area contributed by atoms with Crippen molar-refractivity contribution in [2.24, 2.45) is 5.41 Å². The van der Waals surface area contributed by atoms with Gasteiger partial charge in [-0.25, -0.2) is 0 Å². The average Bonchev–Trinajstić information content (AvgIpc) is 2.08. The minimum absolute atomic E-state index is 0.0632. The summed E-state index contributed by atoms with van der Waals surface area (Å²) in [6.45, 7) is 10.2. The lowest BCUT2D eigenvalue weighted by Crippen LogP contribution is -2.28. The summed E-state index contributed by atoms with van der Waals surface area (Å²) >= 11 is 0. The molecule has 0 heterocycles. The van der Waals surface area contributed by atoms with Crippen LogP contribution in [-0.4, -0.2) is 11.2 Å². The number of hydrogen-bond acceptors (Lipinski definition) is 1. The first-order valence-corrected chi connectivity index (χ1v) is 5.18. The van der Waals surface area contributed by atoms with Crippen molar-refractivity contribution in [1.29, 1.82) is 0 Å². The molecular weight excluding hydrogens is 172 g/mol. The van der Waals surface area contributed by atoms with Gasteiger partial charge in [-0.05, 0) is 36.3 Å². The molecule has 0 radical (unpaired) electrons. The molecule has 0 aliphatic heterocycles. The van der Waals surface area contributed by atoms with Crippen molar-refractivity contribution < 1.29 is 5.11 Å². The van der Waals surface area contributed by atoms with E-state index in [1.54, 1.807) is 0 Å². The molecule has 78 valence electrons. The van der Waals surface area contributed by atoms with E-state index in [2.05, 4.69) is 32.6 Å². The van der Waals surface area contributed by atoms with E-state index in [-0.39, 0.29) is 11.5 Å². The van der Waals surface area contributed by atoms with Gasteiger partial charge in [-0.1, -0.05) is 38.7 Å². The zero-order valence-corrected chi connectivity index (χ0v) is 9.38. The van der Waals surface area contributed by atoms with E-state index in [9.17, 15) is 5.11 Å². The number of rotatable bonds is 2. The highest BCUT2D eigenvalue weighted by atomic mass is 16.3. The van der Waals surface area contributed by atoms with Gasteiger partial charge in [-0.3, -0.25) is 0 Å². The predicted octanol–water partition coefficient (Wildman–Crippen LogP) is 3.23. The molecule has 0 spiro atoms. The number of hydrogen-bond donors (Lipinski definition) is 1. The Kier molecular flexibility index (Phi) is 3.33. The number of aliphatic hydroxyl groups is 1. The molecular formula is C13H20O. The van der Waals surface area contributed by atoms with E-state index in [1.807, 2.05) is 13.0 Å². The second kappa shape index (κ2) is 4.14. The first kappa shape index (κ1) is 11.3. The zero-order valence-electron chi connectivity index (χ0n) is 9.38. The summed E-state index contributed by atoms with van der Waals surface area (Å²) in [5, 5.41) is 9.73. The maximum Gasteiger partial charge on any atom is 0.0589 e. The molecule has 1 aliphatic rings. The molecule has 0 amide bonds. The number of aliphatic hydroxyl groups excluding tert-OH is 1. The van der Waals surface area contributed by atoms with Crippen molar-refractivity contribution in [2.45, 2.75) is 39.7 Å². The minimum Gasteiger partial charge on any atom is -0.393 e. The molecule has 1 atom stereocenters. The fourth-order valence-electron chi connectivity index (χ4n) is 2.26. The Hall–Kier alpha value is -0.820. The van der Waals surface area contributed by atoms with E-state index >= 15 is 0 Å². The molecule has 0 fully saturated rings. The fourth-order valence-corrected chi connectivity index (χ4v) is 2.26. The minimum atomic E-state index is -0.216. The predicted molar refractivity (Wildman–Crippen MR) is 61.1 cm³/mol. The molecule has 0 aromatic rings. The Bertz CT molecular complexity index is 282. The molecule has 1 N–H and O–H groups in total. The lowest BCUT2D eigenvalue weighted by Gasteiger charge is -2.35. The molecule has 1 heteroatoms. The Labute approximate surface area is 86.8 Å². The normalized spacial score (nSPS) is 27.0. The maximum atomic E-state index is 9.73. The van der Waals surface area contributed by atoms with Crippen LogP contribution < -0.4 is 0 Å². The quantitative estimate of drug-likeness (QED) is 0.712. The summed E-state index contributed by atoms with van der Waals surface area (Å²) in [5.74, 6) is 0. The van der Waals surface area contributed by atoms with Crippen molar-refractivity contribution in [3.8, 4) is 0 Å².